The Morgan fingerprint density at radius 3 is 2.70 bits per heavy atom. The number of aromatic nitrogens is 1. The number of amides is 1. The van der Waals surface area contributed by atoms with Crippen molar-refractivity contribution in [1.82, 2.24) is 4.98 Å². The molecule has 2 atom stereocenters. The van der Waals surface area contributed by atoms with E-state index in [0.29, 0.717) is 38.5 Å². The summed E-state index contributed by atoms with van der Waals surface area (Å²) in [7, 11) is 0. The van der Waals surface area contributed by atoms with Gasteiger partial charge in [0.25, 0.3) is 5.78 Å². The van der Waals surface area contributed by atoms with Crippen molar-refractivity contribution in [1.29, 1.82) is 0 Å². The molecule has 1 fully saturated rings. The van der Waals surface area contributed by atoms with E-state index in [9.17, 15) is 19.1 Å². The summed E-state index contributed by atoms with van der Waals surface area (Å²) in [5.74, 6) is -1.79. The lowest BCUT2D eigenvalue weighted by atomic mass is 9.94. The number of ketones is 1. The summed E-state index contributed by atoms with van der Waals surface area (Å²) in [5, 5.41) is 12.1. The van der Waals surface area contributed by atoms with E-state index in [1.54, 1.807) is 36.4 Å². The molecule has 10 heteroatoms. The fourth-order valence-electron chi connectivity index (χ4n) is 4.74. The molecule has 37 heavy (non-hydrogen) atoms. The van der Waals surface area contributed by atoms with Gasteiger partial charge < -0.3 is 9.84 Å². The summed E-state index contributed by atoms with van der Waals surface area (Å²) < 4.78 is 20.1. The maximum absolute atomic E-state index is 13.8. The van der Waals surface area contributed by atoms with Crippen molar-refractivity contribution in [2.75, 3.05) is 4.90 Å². The van der Waals surface area contributed by atoms with Crippen LogP contribution in [0.2, 0.25) is 10.0 Å². The molecule has 1 N–H and O–H groups in total. The van der Waals surface area contributed by atoms with E-state index in [1.807, 2.05) is 6.92 Å². The third-order valence-electron chi connectivity index (χ3n) is 6.42. The lowest BCUT2D eigenvalue weighted by molar-refractivity contribution is -0.132. The molecule has 2 unspecified atom stereocenters. The fourth-order valence-corrected chi connectivity index (χ4v) is 6.07. The average molecular weight is 555 g/mol. The molecule has 6 rings (SSSR count). The summed E-state index contributed by atoms with van der Waals surface area (Å²) >= 11 is 13.5. The number of carbonyl (C=O) groups is 2. The Morgan fingerprint density at radius 2 is 1.92 bits per heavy atom. The molecule has 186 valence electrons. The van der Waals surface area contributed by atoms with Crippen LogP contribution in [0.25, 0.3) is 16.0 Å². The van der Waals surface area contributed by atoms with Crippen LogP contribution in [0, 0.1) is 5.82 Å². The molecule has 1 amide bonds. The second-order valence-corrected chi connectivity index (χ2v) is 10.7. The van der Waals surface area contributed by atoms with Crippen LogP contribution in [0.3, 0.4) is 0 Å². The molecule has 4 aromatic rings. The highest BCUT2D eigenvalue weighted by Crippen LogP contribution is 2.45. The minimum Gasteiger partial charge on any atom is -0.507 e. The van der Waals surface area contributed by atoms with Gasteiger partial charge >= 0.3 is 5.91 Å². The fraction of sp³-hybridized carbons (Fsp3) is 0.148. The van der Waals surface area contributed by atoms with E-state index >= 15 is 0 Å². The highest BCUT2D eigenvalue weighted by Gasteiger charge is 2.48. The maximum atomic E-state index is 13.8. The van der Waals surface area contributed by atoms with Gasteiger partial charge in [-0.3, -0.25) is 14.5 Å². The van der Waals surface area contributed by atoms with Crippen molar-refractivity contribution in [3.8, 4) is 5.75 Å². The zero-order chi connectivity index (χ0) is 26.0. The van der Waals surface area contributed by atoms with Gasteiger partial charge in [-0.25, -0.2) is 9.37 Å². The van der Waals surface area contributed by atoms with Crippen LogP contribution in [0.1, 0.15) is 29.7 Å². The van der Waals surface area contributed by atoms with Gasteiger partial charge in [0.05, 0.1) is 31.9 Å². The van der Waals surface area contributed by atoms with Crippen LogP contribution in [-0.4, -0.2) is 27.9 Å². The number of aliphatic hydroxyl groups excluding tert-OH is 1. The first-order valence-electron chi connectivity index (χ1n) is 11.3. The average Bonchev–Trinajstić information content (AvgIpc) is 3.52. The van der Waals surface area contributed by atoms with E-state index < -0.39 is 23.5 Å². The summed E-state index contributed by atoms with van der Waals surface area (Å²) in [6.07, 6.45) is 0.654. The second-order valence-electron chi connectivity index (χ2n) is 8.91. The summed E-state index contributed by atoms with van der Waals surface area (Å²) in [5.41, 5.74) is 2.10. The van der Waals surface area contributed by atoms with Gasteiger partial charge in [-0.15, -0.1) is 0 Å². The standard InChI is InChI=1S/C27H17Cl2FN2O4S/c1-12-8-15-9-14(3-7-20(15)36-12)24(33)22-23(13-2-5-17(28)18(29)10-13)32(26(35)25(22)34)27-31-19-6-4-16(30)11-21(19)37-27/h2-7,9-12,23,33H,8H2,1H3/b24-22-. The molecule has 2 aliphatic rings. The lowest BCUT2D eigenvalue weighted by Crippen LogP contribution is -2.29. The highest BCUT2D eigenvalue weighted by atomic mass is 35.5. The van der Waals surface area contributed by atoms with Gasteiger partial charge in [0, 0.05) is 12.0 Å². The Labute approximate surface area is 224 Å². The molecule has 6 nitrogen and oxygen atoms in total. The van der Waals surface area contributed by atoms with Gasteiger partial charge in [-0.1, -0.05) is 40.6 Å². The van der Waals surface area contributed by atoms with Crippen molar-refractivity contribution in [2.45, 2.75) is 25.5 Å². The highest BCUT2D eigenvalue weighted by molar-refractivity contribution is 7.22. The van der Waals surface area contributed by atoms with E-state index in [-0.39, 0.29) is 27.6 Å². The number of carbonyl (C=O) groups excluding carboxylic acids is 2. The first kappa shape index (κ1) is 23.9. The van der Waals surface area contributed by atoms with Crippen LogP contribution < -0.4 is 9.64 Å². The Balaban J connectivity index is 1.55. The smallest absolute Gasteiger partial charge is 0.301 e. The van der Waals surface area contributed by atoms with Crippen molar-refractivity contribution in [3.05, 3.63) is 92.7 Å². The lowest BCUT2D eigenvalue weighted by Gasteiger charge is -2.23. The third-order valence-corrected chi connectivity index (χ3v) is 8.18. The first-order valence-corrected chi connectivity index (χ1v) is 12.9. The summed E-state index contributed by atoms with van der Waals surface area (Å²) in [4.78, 5) is 32.5. The van der Waals surface area contributed by atoms with Crippen molar-refractivity contribution < 1.29 is 23.8 Å². The quantitative estimate of drug-likeness (QED) is 0.173. The van der Waals surface area contributed by atoms with E-state index in [4.69, 9.17) is 27.9 Å². The van der Waals surface area contributed by atoms with Crippen LogP contribution >= 0.6 is 34.5 Å². The van der Waals surface area contributed by atoms with E-state index in [2.05, 4.69) is 4.98 Å². The van der Waals surface area contributed by atoms with Crippen molar-refractivity contribution >= 4 is 67.3 Å². The number of hydrogen-bond acceptors (Lipinski definition) is 6. The molecule has 3 aromatic carbocycles. The van der Waals surface area contributed by atoms with E-state index in [0.717, 1.165) is 16.9 Å². The number of nitrogens with zero attached hydrogens (tertiary/aromatic N) is 2. The topological polar surface area (TPSA) is 79.7 Å². The molecule has 0 saturated carbocycles. The van der Waals surface area contributed by atoms with Crippen LogP contribution in [-0.2, 0) is 16.0 Å². The Hall–Kier alpha value is -3.46. The zero-order valence-corrected chi connectivity index (χ0v) is 21.5. The minimum absolute atomic E-state index is 0.00180. The number of halogens is 3. The number of anilines is 1. The predicted molar refractivity (Wildman–Crippen MR) is 141 cm³/mol. The molecular weight excluding hydrogens is 538 g/mol. The first-order chi connectivity index (χ1) is 17.7. The zero-order valence-electron chi connectivity index (χ0n) is 19.2. The molecular formula is C27H17Cl2FN2O4S. The number of Topliss-reactive ketones (excluding diaryl/α,β-unsaturated/α-hetero) is 1. The number of benzene rings is 3. The minimum atomic E-state index is -1.04. The number of ether oxygens (including phenoxy) is 1. The molecule has 3 heterocycles. The van der Waals surface area contributed by atoms with Crippen LogP contribution in [0.5, 0.6) is 5.75 Å². The maximum Gasteiger partial charge on any atom is 0.301 e. The molecule has 0 bridgehead atoms. The summed E-state index contributed by atoms with van der Waals surface area (Å²) in [6, 6.07) is 12.9. The van der Waals surface area contributed by atoms with Crippen molar-refractivity contribution in [2.24, 2.45) is 0 Å². The molecule has 0 spiro atoms. The number of aliphatic hydroxyl groups is 1. The van der Waals surface area contributed by atoms with Crippen LogP contribution in [0.4, 0.5) is 9.52 Å². The largest absolute Gasteiger partial charge is 0.507 e. The Kier molecular flexibility index (Phi) is 5.71. The molecule has 0 aliphatic carbocycles. The van der Waals surface area contributed by atoms with Gasteiger partial charge in [-0.2, -0.15) is 0 Å². The Morgan fingerprint density at radius 1 is 1.11 bits per heavy atom. The number of hydrogen-bond donors (Lipinski definition) is 1. The SMILES string of the molecule is CC1Cc2cc(/C(O)=C3/C(=O)C(=O)N(c4nc5ccc(F)cc5s4)C3c3ccc(Cl)c(Cl)c3)ccc2O1. The molecule has 1 aromatic heterocycles. The van der Waals surface area contributed by atoms with Crippen LogP contribution in [0.15, 0.2) is 60.2 Å². The predicted octanol–water partition coefficient (Wildman–Crippen LogP) is 6.69. The second kappa shape index (κ2) is 8.83. The molecule has 0 radical (unpaired) electrons. The molecule has 2 aliphatic heterocycles. The van der Waals surface area contributed by atoms with Crippen molar-refractivity contribution in [3.63, 3.8) is 0 Å². The Bertz CT molecular complexity index is 1670. The number of thiazole rings is 1. The third kappa shape index (κ3) is 3.96. The van der Waals surface area contributed by atoms with E-state index in [1.165, 1.54) is 23.1 Å². The molecule has 1 saturated heterocycles. The van der Waals surface area contributed by atoms with Gasteiger partial charge in [0.15, 0.2) is 5.13 Å². The number of rotatable bonds is 3. The van der Waals surface area contributed by atoms with Gasteiger partial charge in [-0.05, 0) is 66.6 Å². The van der Waals surface area contributed by atoms with Gasteiger partial charge in [0.2, 0.25) is 0 Å². The monoisotopic (exact) mass is 554 g/mol. The van der Waals surface area contributed by atoms with Gasteiger partial charge in [0.1, 0.15) is 23.4 Å². The number of fused-ring (bicyclic) bond motifs is 2. The normalized spacial score (nSPS) is 20.5. The summed E-state index contributed by atoms with van der Waals surface area (Å²) in [6.45, 7) is 1.94.